The fourth-order valence-electron chi connectivity index (χ4n) is 3.72. The molecule has 2 heterocycles. The molecule has 2 N–H and O–H groups in total. The third-order valence-electron chi connectivity index (χ3n) is 5.20. The van der Waals surface area contributed by atoms with E-state index in [0.29, 0.717) is 6.42 Å². The monoisotopic (exact) mass is 448 g/mol. The summed E-state index contributed by atoms with van der Waals surface area (Å²) in [6.45, 7) is -4.16. The first-order valence-corrected chi connectivity index (χ1v) is 9.16. The van der Waals surface area contributed by atoms with E-state index in [9.17, 15) is 26.7 Å². The molecule has 2 aromatic rings. The second-order valence-corrected chi connectivity index (χ2v) is 7.54. The molecule has 160 valence electrons. The van der Waals surface area contributed by atoms with Crippen molar-refractivity contribution >= 4 is 23.4 Å². The summed E-state index contributed by atoms with van der Waals surface area (Å²) in [5.41, 5.74) is 2.93. The molecule has 0 spiro atoms. The average Bonchev–Trinajstić information content (AvgIpc) is 3.35. The van der Waals surface area contributed by atoms with Gasteiger partial charge >= 0.3 is 6.55 Å². The number of Topliss-reactive ketones (excluding diaryl/α,β-unsaturated/α-hetero) is 1. The number of nitrogens with zero attached hydrogens (tertiary/aromatic N) is 3. The normalized spacial score (nSPS) is 25.0. The van der Waals surface area contributed by atoms with Gasteiger partial charge in [-0.05, 0) is 24.1 Å². The van der Waals surface area contributed by atoms with Crippen LogP contribution in [-0.4, -0.2) is 34.4 Å². The molecule has 0 saturated heterocycles. The van der Waals surface area contributed by atoms with E-state index in [0.717, 1.165) is 18.3 Å². The number of ketones is 1. The van der Waals surface area contributed by atoms with Crippen molar-refractivity contribution < 1.29 is 31.5 Å². The summed E-state index contributed by atoms with van der Waals surface area (Å²) in [6, 6.07) is 1.54. The number of ether oxygens (including phenoxy) is 1. The SMILES string of the molecule is NC1=N[C@@](CF)(c2cc(CC(=O)c3nn(C(F)F)cc3Cl)cc(F)c2F)[C@@H]2C[C@@H]2O1. The highest BCUT2D eigenvalue weighted by molar-refractivity contribution is 6.33. The molecule has 0 bridgehead atoms. The zero-order valence-corrected chi connectivity index (χ0v) is 15.8. The molecular weight excluding hydrogens is 435 g/mol. The number of rotatable bonds is 6. The molecule has 1 fully saturated rings. The number of carbonyl (C=O) groups is 1. The number of aliphatic imine (C=N–C) groups is 1. The first-order valence-electron chi connectivity index (χ1n) is 8.78. The number of hydrogen-bond acceptors (Lipinski definition) is 5. The van der Waals surface area contributed by atoms with E-state index < -0.39 is 65.9 Å². The number of nitrogens with two attached hydrogens (primary N) is 1. The molecule has 12 heteroatoms. The minimum Gasteiger partial charge on any atom is -0.462 e. The summed E-state index contributed by atoms with van der Waals surface area (Å²) < 4.78 is 73.9. The molecule has 0 radical (unpaired) electrons. The Hall–Kier alpha value is -2.69. The Labute approximate surface area is 171 Å². The molecule has 4 rings (SSSR count). The van der Waals surface area contributed by atoms with Crippen LogP contribution in [0, 0.1) is 17.6 Å². The summed E-state index contributed by atoms with van der Waals surface area (Å²) in [5, 5.41) is 3.10. The average molecular weight is 449 g/mol. The van der Waals surface area contributed by atoms with Gasteiger partial charge < -0.3 is 10.5 Å². The largest absolute Gasteiger partial charge is 0.462 e. The van der Waals surface area contributed by atoms with Crippen molar-refractivity contribution in [2.75, 3.05) is 6.67 Å². The standard InChI is InChI=1S/C18H14ClF5N4O2/c19-10-5-28(16(23)24)27-15(10)12(29)3-7-1-9(14(22)11(21)2-7)18(6-20)8-4-13(8)30-17(25)26-18/h1-2,5,8,13,16H,3-4,6H2,(H2,25,26)/t8-,13+,18-/m1/s1. The van der Waals surface area contributed by atoms with E-state index in [1.165, 1.54) is 0 Å². The summed E-state index contributed by atoms with van der Waals surface area (Å²) in [5.74, 6) is -3.96. The van der Waals surface area contributed by atoms with Crippen molar-refractivity contribution in [3.63, 3.8) is 0 Å². The maximum Gasteiger partial charge on any atom is 0.333 e. The van der Waals surface area contributed by atoms with Crippen molar-refractivity contribution in [3.8, 4) is 0 Å². The van der Waals surface area contributed by atoms with Crippen LogP contribution in [0.25, 0.3) is 0 Å². The molecule has 3 atom stereocenters. The van der Waals surface area contributed by atoms with Crippen molar-refractivity contribution in [1.82, 2.24) is 9.78 Å². The molecule has 1 aliphatic heterocycles. The van der Waals surface area contributed by atoms with Crippen molar-refractivity contribution in [3.05, 3.63) is 51.8 Å². The van der Waals surface area contributed by atoms with E-state index in [4.69, 9.17) is 22.1 Å². The van der Waals surface area contributed by atoms with Gasteiger partial charge in [-0.2, -0.15) is 13.9 Å². The maximum atomic E-state index is 14.6. The lowest BCUT2D eigenvalue weighted by molar-refractivity contribution is 0.0560. The number of benzene rings is 1. The lowest BCUT2D eigenvalue weighted by atomic mass is 9.84. The molecule has 1 aromatic carbocycles. The van der Waals surface area contributed by atoms with E-state index in [-0.39, 0.29) is 21.3 Å². The van der Waals surface area contributed by atoms with Crippen LogP contribution in [0.1, 0.15) is 34.6 Å². The minimum atomic E-state index is -3.01. The molecule has 1 saturated carbocycles. The fraction of sp³-hybridized carbons (Fsp3) is 0.389. The van der Waals surface area contributed by atoms with Gasteiger partial charge in [0.25, 0.3) is 6.02 Å². The van der Waals surface area contributed by atoms with Crippen molar-refractivity contribution in [2.24, 2.45) is 16.6 Å². The lowest BCUT2D eigenvalue weighted by Crippen LogP contribution is -2.40. The van der Waals surface area contributed by atoms with Gasteiger partial charge in [0.1, 0.15) is 24.0 Å². The summed E-state index contributed by atoms with van der Waals surface area (Å²) in [6.07, 6.45) is 0.152. The topological polar surface area (TPSA) is 82.5 Å². The maximum absolute atomic E-state index is 14.6. The summed E-state index contributed by atoms with van der Waals surface area (Å²) in [4.78, 5) is 16.4. The number of amidine groups is 1. The van der Waals surface area contributed by atoms with Gasteiger partial charge in [0.2, 0.25) is 0 Å². The van der Waals surface area contributed by atoms with Gasteiger partial charge in [-0.1, -0.05) is 11.6 Å². The van der Waals surface area contributed by atoms with Crippen LogP contribution < -0.4 is 5.73 Å². The fourth-order valence-corrected chi connectivity index (χ4v) is 3.96. The molecule has 0 unspecified atom stereocenters. The van der Waals surface area contributed by atoms with Crippen LogP contribution in [0.3, 0.4) is 0 Å². The Morgan fingerprint density at radius 3 is 2.77 bits per heavy atom. The predicted molar refractivity (Wildman–Crippen MR) is 95.1 cm³/mol. The number of alkyl halides is 3. The van der Waals surface area contributed by atoms with Gasteiger partial charge in [0.15, 0.2) is 17.4 Å². The van der Waals surface area contributed by atoms with Crippen LogP contribution in [0.5, 0.6) is 0 Å². The molecule has 6 nitrogen and oxygen atoms in total. The number of halogens is 6. The zero-order chi connectivity index (χ0) is 21.8. The molecular formula is C18H14ClF5N4O2. The highest BCUT2D eigenvalue weighted by atomic mass is 35.5. The van der Waals surface area contributed by atoms with Crippen LogP contribution in [-0.2, 0) is 16.7 Å². The quantitative estimate of drug-likeness (QED) is 0.541. The Bertz CT molecular complexity index is 1060. The first kappa shape index (κ1) is 20.6. The second-order valence-electron chi connectivity index (χ2n) is 7.13. The van der Waals surface area contributed by atoms with Crippen LogP contribution >= 0.6 is 11.6 Å². The van der Waals surface area contributed by atoms with E-state index >= 15 is 0 Å². The molecule has 1 aliphatic carbocycles. The number of carbonyl (C=O) groups excluding carboxylic acids is 1. The van der Waals surface area contributed by atoms with Crippen molar-refractivity contribution in [2.45, 2.75) is 31.0 Å². The summed E-state index contributed by atoms with van der Waals surface area (Å²) in [7, 11) is 0. The van der Waals surface area contributed by atoms with Gasteiger partial charge in [0, 0.05) is 17.9 Å². The highest BCUT2D eigenvalue weighted by Gasteiger charge is 2.60. The number of fused-ring (bicyclic) bond motifs is 1. The number of hydrogen-bond donors (Lipinski definition) is 1. The Balaban J connectivity index is 1.71. The highest BCUT2D eigenvalue weighted by Crippen LogP contribution is 2.53. The van der Waals surface area contributed by atoms with Crippen molar-refractivity contribution in [1.29, 1.82) is 0 Å². The van der Waals surface area contributed by atoms with Gasteiger partial charge in [0.05, 0.1) is 11.2 Å². The minimum absolute atomic E-state index is 0.0261. The third kappa shape index (κ3) is 3.30. The zero-order valence-electron chi connectivity index (χ0n) is 15.1. The van der Waals surface area contributed by atoms with Crippen LogP contribution in [0.2, 0.25) is 5.02 Å². The lowest BCUT2D eigenvalue weighted by Gasteiger charge is -2.31. The first-order chi connectivity index (χ1) is 14.2. The van der Waals surface area contributed by atoms with E-state index in [1.807, 2.05) is 0 Å². The Kier molecular flexibility index (Phi) is 4.95. The Morgan fingerprint density at radius 2 is 2.13 bits per heavy atom. The third-order valence-corrected chi connectivity index (χ3v) is 5.48. The van der Waals surface area contributed by atoms with Crippen LogP contribution in [0.4, 0.5) is 22.0 Å². The summed E-state index contributed by atoms with van der Waals surface area (Å²) >= 11 is 5.78. The smallest absolute Gasteiger partial charge is 0.333 e. The van der Waals surface area contributed by atoms with Gasteiger partial charge in [-0.25, -0.2) is 22.8 Å². The van der Waals surface area contributed by atoms with E-state index in [1.54, 1.807) is 0 Å². The van der Waals surface area contributed by atoms with Gasteiger partial charge in [-0.15, -0.1) is 0 Å². The predicted octanol–water partition coefficient (Wildman–Crippen LogP) is 3.53. The molecule has 2 aliphatic rings. The Morgan fingerprint density at radius 1 is 1.40 bits per heavy atom. The number of aromatic nitrogens is 2. The van der Waals surface area contributed by atoms with Crippen LogP contribution in [0.15, 0.2) is 23.3 Å². The van der Waals surface area contributed by atoms with Gasteiger partial charge in [-0.3, -0.25) is 4.79 Å². The molecule has 30 heavy (non-hydrogen) atoms. The molecule has 1 aromatic heterocycles. The second kappa shape index (κ2) is 7.22. The molecule has 0 amide bonds. The van der Waals surface area contributed by atoms with E-state index in [2.05, 4.69) is 10.1 Å².